The SMILES string of the molecule is CCOC(=O)N1CCN(C(=O)c2nnsc2-c2ccccc2)CC1. The van der Waals surface area contributed by atoms with E-state index in [1.54, 1.807) is 16.7 Å². The van der Waals surface area contributed by atoms with E-state index in [2.05, 4.69) is 9.59 Å². The van der Waals surface area contributed by atoms with E-state index in [1.807, 2.05) is 30.3 Å². The Morgan fingerprint density at radius 1 is 1.12 bits per heavy atom. The maximum Gasteiger partial charge on any atom is 0.409 e. The van der Waals surface area contributed by atoms with E-state index in [9.17, 15) is 9.59 Å². The molecule has 0 N–H and O–H groups in total. The van der Waals surface area contributed by atoms with E-state index in [0.717, 1.165) is 10.4 Å². The number of nitrogens with zero attached hydrogens (tertiary/aromatic N) is 4. The zero-order valence-electron chi connectivity index (χ0n) is 13.3. The van der Waals surface area contributed by atoms with Crippen molar-refractivity contribution in [3.63, 3.8) is 0 Å². The molecule has 24 heavy (non-hydrogen) atoms. The van der Waals surface area contributed by atoms with Crippen molar-refractivity contribution in [2.24, 2.45) is 0 Å². The molecule has 0 atom stereocenters. The molecule has 126 valence electrons. The van der Waals surface area contributed by atoms with Crippen LogP contribution in [0.5, 0.6) is 0 Å². The minimum atomic E-state index is -0.329. The van der Waals surface area contributed by atoms with Crippen LogP contribution in [-0.2, 0) is 4.74 Å². The van der Waals surface area contributed by atoms with Gasteiger partial charge in [-0.15, -0.1) is 5.10 Å². The van der Waals surface area contributed by atoms with Crippen molar-refractivity contribution in [3.8, 4) is 10.4 Å². The van der Waals surface area contributed by atoms with Gasteiger partial charge in [0.05, 0.1) is 11.5 Å². The van der Waals surface area contributed by atoms with Crippen molar-refractivity contribution >= 4 is 23.5 Å². The van der Waals surface area contributed by atoms with E-state index in [-0.39, 0.29) is 12.0 Å². The molecule has 1 aliphatic heterocycles. The average molecular weight is 346 g/mol. The molecular formula is C16H18N4O3S. The molecule has 0 bridgehead atoms. The number of ether oxygens (including phenoxy) is 1. The fourth-order valence-corrected chi connectivity index (χ4v) is 3.23. The minimum Gasteiger partial charge on any atom is -0.450 e. The lowest BCUT2D eigenvalue weighted by Crippen LogP contribution is -2.50. The second kappa shape index (κ2) is 7.39. The number of aromatic nitrogens is 2. The highest BCUT2D eigenvalue weighted by Crippen LogP contribution is 2.26. The highest BCUT2D eigenvalue weighted by Gasteiger charge is 2.28. The quantitative estimate of drug-likeness (QED) is 0.851. The van der Waals surface area contributed by atoms with Gasteiger partial charge in [-0.3, -0.25) is 4.79 Å². The van der Waals surface area contributed by atoms with Crippen molar-refractivity contribution in [2.45, 2.75) is 6.92 Å². The minimum absolute atomic E-state index is 0.147. The van der Waals surface area contributed by atoms with E-state index in [0.29, 0.717) is 38.5 Å². The van der Waals surface area contributed by atoms with Crippen LogP contribution >= 0.6 is 11.5 Å². The van der Waals surface area contributed by atoms with Gasteiger partial charge in [0.25, 0.3) is 5.91 Å². The molecule has 2 heterocycles. The predicted octanol–water partition coefficient (Wildman–Crippen LogP) is 2.12. The number of hydrogen-bond donors (Lipinski definition) is 0. The number of carbonyl (C=O) groups excluding carboxylic acids is 2. The summed E-state index contributed by atoms with van der Waals surface area (Å²) in [6.07, 6.45) is -0.329. The Labute approximate surface area is 144 Å². The molecule has 0 aliphatic carbocycles. The molecule has 1 aromatic heterocycles. The van der Waals surface area contributed by atoms with Gasteiger partial charge in [-0.2, -0.15) is 0 Å². The molecule has 0 radical (unpaired) electrons. The van der Waals surface area contributed by atoms with Gasteiger partial charge in [0.1, 0.15) is 0 Å². The van der Waals surface area contributed by atoms with Crippen LogP contribution in [0.2, 0.25) is 0 Å². The number of carbonyl (C=O) groups is 2. The van der Waals surface area contributed by atoms with Gasteiger partial charge in [-0.1, -0.05) is 34.8 Å². The molecule has 1 fully saturated rings. The lowest BCUT2D eigenvalue weighted by atomic mass is 10.1. The summed E-state index contributed by atoms with van der Waals surface area (Å²) in [5.74, 6) is -0.147. The number of amides is 2. The summed E-state index contributed by atoms with van der Waals surface area (Å²) in [4.78, 5) is 28.6. The lowest BCUT2D eigenvalue weighted by molar-refractivity contribution is 0.0566. The maximum absolute atomic E-state index is 12.8. The predicted molar refractivity (Wildman–Crippen MR) is 89.8 cm³/mol. The molecule has 2 aromatic rings. The van der Waals surface area contributed by atoms with Crippen LogP contribution in [0.4, 0.5) is 4.79 Å². The second-order valence-electron chi connectivity index (χ2n) is 5.29. The fourth-order valence-electron chi connectivity index (χ4n) is 2.57. The third-order valence-corrected chi connectivity index (χ3v) is 4.59. The van der Waals surface area contributed by atoms with Crippen LogP contribution in [0.1, 0.15) is 17.4 Å². The summed E-state index contributed by atoms with van der Waals surface area (Å²) in [6, 6.07) is 9.63. The van der Waals surface area contributed by atoms with Crippen molar-refractivity contribution in [1.82, 2.24) is 19.4 Å². The Bertz CT molecular complexity index is 711. The first-order valence-electron chi connectivity index (χ1n) is 7.79. The first-order chi connectivity index (χ1) is 11.7. The molecule has 3 rings (SSSR count). The highest BCUT2D eigenvalue weighted by atomic mass is 32.1. The second-order valence-corrected chi connectivity index (χ2v) is 6.05. The molecular weight excluding hydrogens is 328 g/mol. The lowest BCUT2D eigenvalue weighted by Gasteiger charge is -2.33. The zero-order valence-corrected chi connectivity index (χ0v) is 14.2. The Morgan fingerprint density at radius 3 is 2.46 bits per heavy atom. The van der Waals surface area contributed by atoms with Gasteiger partial charge in [-0.05, 0) is 24.0 Å². The molecule has 7 nitrogen and oxygen atoms in total. The molecule has 1 aliphatic rings. The third kappa shape index (κ3) is 3.38. The Kier molecular flexibility index (Phi) is 5.05. The van der Waals surface area contributed by atoms with Crippen LogP contribution in [0.3, 0.4) is 0 Å². The van der Waals surface area contributed by atoms with Crippen molar-refractivity contribution in [1.29, 1.82) is 0 Å². The highest BCUT2D eigenvalue weighted by molar-refractivity contribution is 7.09. The first kappa shape index (κ1) is 16.4. The summed E-state index contributed by atoms with van der Waals surface area (Å²) in [7, 11) is 0. The zero-order chi connectivity index (χ0) is 16.9. The van der Waals surface area contributed by atoms with Crippen LogP contribution in [0, 0.1) is 0 Å². The van der Waals surface area contributed by atoms with E-state index in [1.165, 1.54) is 11.5 Å². The maximum atomic E-state index is 12.8. The molecule has 2 amide bonds. The van der Waals surface area contributed by atoms with Gasteiger partial charge >= 0.3 is 6.09 Å². The Hall–Kier alpha value is -2.48. The number of piperazine rings is 1. The van der Waals surface area contributed by atoms with Gasteiger partial charge in [0, 0.05) is 26.2 Å². The normalized spacial score (nSPS) is 14.5. The summed E-state index contributed by atoms with van der Waals surface area (Å²) < 4.78 is 8.93. The van der Waals surface area contributed by atoms with Gasteiger partial charge in [0.2, 0.25) is 0 Å². The van der Waals surface area contributed by atoms with Crippen molar-refractivity contribution in [3.05, 3.63) is 36.0 Å². The van der Waals surface area contributed by atoms with Crippen LogP contribution in [0.15, 0.2) is 30.3 Å². The molecule has 8 heteroatoms. The summed E-state index contributed by atoms with van der Waals surface area (Å²) >= 11 is 1.21. The largest absolute Gasteiger partial charge is 0.450 e. The first-order valence-corrected chi connectivity index (χ1v) is 8.56. The monoisotopic (exact) mass is 346 g/mol. The van der Waals surface area contributed by atoms with Gasteiger partial charge < -0.3 is 14.5 Å². The van der Waals surface area contributed by atoms with Gasteiger partial charge in [0.15, 0.2) is 5.69 Å². The molecule has 0 spiro atoms. The smallest absolute Gasteiger partial charge is 0.409 e. The van der Waals surface area contributed by atoms with E-state index < -0.39 is 0 Å². The van der Waals surface area contributed by atoms with Gasteiger partial charge in [-0.25, -0.2) is 4.79 Å². The van der Waals surface area contributed by atoms with E-state index >= 15 is 0 Å². The molecule has 1 saturated heterocycles. The topological polar surface area (TPSA) is 75.6 Å². The Morgan fingerprint density at radius 2 is 1.79 bits per heavy atom. The molecule has 1 aromatic carbocycles. The fraction of sp³-hybridized carbons (Fsp3) is 0.375. The van der Waals surface area contributed by atoms with Crippen LogP contribution in [0.25, 0.3) is 10.4 Å². The number of rotatable bonds is 3. The van der Waals surface area contributed by atoms with Crippen molar-refractivity contribution in [2.75, 3.05) is 32.8 Å². The average Bonchev–Trinajstić information content (AvgIpc) is 3.12. The summed E-state index contributed by atoms with van der Waals surface area (Å²) in [5, 5.41) is 4.02. The third-order valence-electron chi connectivity index (χ3n) is 3.82. The summed E-state index contributed by atoms with van der Waals surface area (Å²) in [5.41, 5.74) is 1.30. The van der Waals surface area contributed by atoms with Crippen LogP contribution < -0.4 is 0 Å². The number of benzene rings is 1. The molecule has 0 unspecified atom stereocenters. The summed E-state index contributed by atoms with van der Waals surface area (Å²) in [6.45, 7) is 3.97. The number of hydrogen-bond acceptors (Lipinski definition) is 6. The van der Waals surface area contributed by atoms with Crippen LogP contribution in [-0.4, -0.2) is 64.2 Å². The van der Waals surface area contributed by atoms with Crippen molar-refractivity contribution < 1.29 is 14.3 Å². The molecule has 0 saturated carbocycles. The Balaban J connectivity index is 1.69. The van der Waals surface area contributed by atoms with E-state index in [4.69, 9.17) is 4.74 Å². The standard InChI is InChI=1S/C16H18N4O3S/c1-2-23-16(22)20-10-8-19(9-11-20)15(21)13-14(24-18-17-13)12-6-4-3-5-7-12/h3-7H,2,8-11H2,1H3.